The van der Waals surface area contributed by atoms with Crippen molar-refractivity contribution >= 4 is 34.4 Å². The van der Waals surface area contributed by atoms with E-state index in [0.29, 0.717) is 36.1 Å². The summed E-state index contributed by atoms with van der Waals surface area (Å²) in [5.41, 5.74) is 4.51. The lowest BCUT2D eigenvalue weighted by atomic mass is 10.2. The minimum absolute atomic E-state index is 0.203. The van der Waals surface area contributed by atoms with Gasteiger partial charge in [0.25, 0.3) is 5.91 Å². The number of benzene rings is 1. The summed E-state index contributed by atoms with van der Waals surface area (Å²) in [7, 11) is 0. The van der Waals surface area contributed by atoms with Crippen molar-refractivity contribution in [1.29, 1.82) is 0 Å². The molecule has 1 saturated heterocycles. The second kappa shape index (κ2) is 8.64. The molecule has 0 radical (unpaired) electrons. The van der Waals surface area contributed by atoms with Crippen LogP contribution in [0.25, 0.3) is 5.65 Å². The molecule has 162 valence electrons. The molecule has 32 heavy (non-hydrogen) atoms. The summed E-state index contributed by atoms with van der Waals surface area (Å²) in [6, 6.07) is 15.1. The summed E-state index contributed by atoms with van der Waals surface area (Å²) < 4.78 is 7.20. The van der Waals surface area contributed by atoms with Crippen LogP contribution in [-0.2, 0) is 4.74 Å². The summed E-state index contributed by atoms with van der Waals surface area (Å²) in [5.74, 6) is 0.457. The van der Waals surface area contributed by atoms with Crippen LogP contribution >= 0.6 is 0 Å². The first-order valence-corrected chi connectivity index (χ1v) is 10.4. The molecular formula is C23H23N7O2. The quantitative estimate of drug-likeness (QED) is 0.503. The van der Waals surface area contributed by atoms with Gasteiger partial charge in [-0.15, -0.1) is 5.10 Å². The monoisotopic (exact) mass is 429 g/mol. The predicted molar refractivity (Wildman–Crippen MR) is 123 cm³/mol. The van der Waals surface area contributed by atoms with Gasteiger partial charge in [0.15, 0.2) is 5.82 Å². The number of ether oxygens (including phenoxy) is 1. The van der Waals surface area contributed by atoms with Crippen LogP contribution in [0.3, 0.4) is 0 Å². The summed E-state index contributed by atoms with van der Waals surface area (Å²) in [6.45, 7) is 4.94. The van der Waals surface area contributed by atoms with Gasteiger partial charge in [-0.25, -0.2) is 4.98 Å². The molecule has 1 aliphatic rings. The Labute approximate surface area is 185 Å². The number of pyridine rings is 1. The smallest absolute Gasteiger partial charge is 0.274 e. The van der Waals surface area contributed by atoms with E-state index in [1.807, 2.05) is 61.7 Å². The highest BCUT2D eigenvalue weighted by Gasteiger charge is 2.16. The number of anilines is 4. The van der Waals surface area contributed by atoms with Crippen LogP contribution in [0.15, 0.2) is 60.9 Å². The van der Waals surface area contributed by atoms with E-state index in [1.165, 1.54) is 0 Å². The van der Waals surface area contributed by atoms with Gasteiger partial charge in [-0.1, -0.05) is 6.07 Å². The first kappa shape index (κ1) is 20.0. The van der Waals surface area contributed by atoms with Gasteiger partial charge in [-0.2, -0.15) is 5.10 Å². The molecule has 0 spiro atoms. The van der Waals surface area contributed by atoms with Crippen molar-refractivity contribution in [2.45, 2.75) is 6.92 Å². The fraction of sp³-hybridized carbons (Fsp3) is 0.217. The number of aryl methyl sites for hydroxylation is 1. The molecule has 1 aliphatic heterocycles. The largest absolute Gasteiger partial charge is 0.378 e. The fourth-order valence-corrected chi connectivity index (χ4v) is 3.77. The number of morpholine rings is 1. The third kappa shape index (κ3) is 4.10. The molecule has 9 heteroatoms. The molecule has 0 aliphatic carbocycles. The number of imidazole rings is 1. The normalized spacial score (nSPS) is 13.8. The van der Waals surface area contributed by atoms with Crippen LogP contribution in [0, 0.1) is 6.92 Å². The highest BCUT2D eigenvalue weighted by atomic mass is 16.5. The van der Waals surface area contributed by atoms with Gasteiger partial charge in [0.2, 0.25) is 0 Å². The lowest BCUT2D eigenvalue weighted by Gasteiger charge is -2.28. The number of fused-ring (bicyclic) bond motifs is 1. The molecule has 0 unspecified atom stereocenters. The number of carbonyl (C=O) groups excluding carboxylic acids is 1. The molecule has 0 bridgehead atoms. The molecule has 4 aromatic rings. The maximum Gasteiger partial charge on any atom is 0.274 e. The first-order valence-electron chi connectivity index (χ1n) is 10.4. The van der Waals surface area contributed by atoms with Gasteiger partial charge in [0.1, 0.15) is 11.3 Å². The van der Waals surface area contributed by atoms with Gasteiger partial charge in [-0.3, -0.25) is 9.20 Å². The fourth-order valence-electron chi connectivity index (χ4n) is 3.77. The lowest BCUT2D eigenvalue weighted by molar-refractivity contribution is 0.102. The van der Waals surface area contributed by atoms with Crippen molar-refractivity contribution in [2.24, 2.45) is 0 Å². The van der Waals surface area contributed by atoms with Crippen LogP contribution in [0.5, 0.6) is 0 Å². The minimum Gasteiger partial charge on any atom is -0.378 e. The molecular weight excluding hydrogens is 406 g/mol. The van der Waals surface area contributed by atoms with E-state index in [0.717, 1.165) is 30.1 Å². The molecule has 2 N–H and O–H groups in total. The van der Waals surface area contributed by atoms with E-state index in [1.54, 1.807) is 10.6 Å². The number of carbonyl (C=O) groups is 1. The van der Waals surface area contributed by atoms with Crippen molar-refractivity contribution < 1.29 is 9.53 Å². The number of nitrogens with one attached hydrogen (secondary N) is 2. The van der Waals surface area contributed by atoms with Crippen LogP contribution in [0.4, 0.5) is 22.9 Å². The zero-order valence-electron chi connectivity index (χ0n) is 17.7. The second-order valence-electron chi connectivity index (χ2n) is 7.53. The van der Waals surface area contributed by atoms with Gasteiger partial charge in [-0.05, 0) is 43.3 Å². The van der Waals surface area contributed by atoms with E-state index < -0.39 is 0 Å². The summed E-state index contributed by atoms with van der Waals surface area (Å²) in [5, 5.41) is 14.5. The van der Waals surface area contributed by atoms with Crippen molar-refractivity contribution in [3.8, 4) is 0 Å². The number of aromatic nitrogens is 4. The van der Waals surface area contributed by atoms with E-state index in [-0.39, 0.29) is 5.91 Å². The lowest BCUT2D eigenvalue weighted by Crippen LogP contribution is -2.36. The van der Waals surface area contributed by atoms with Crippen LogP contribution in [0.1, 0.15) is 16.2 Å². The first-order chi connectivity index (χ1) is 15.7. The Morgan fingerprint density at radius 2 is 1.84 bits per heavy atom. The number of nitrogens with zero attached hydrogens (tertiary/aromatic N) is 5. The van der Waals surface area contributed by atoms with Gasteiger partial charge < -0.3 is 20.3 Å². The van der Waals surface area contributed by atoms with Crippen molar-refractivity contribution in [3.05, 3.63) is 72.3 Å². The van der Waals surface area contributed by atoms with E-state index in [2.05, 4.69) is 30.7 Å². The van der Waals surface area contributed by atoms with Gasteiger partial charge >= 0.3 is 0 Å². The van der Waals surface area contributed by atoms with Crippen LogP contribution in [-0.4, -0.2) is 51.8 Å². The average Bonchev–Trinajstić information content (AvgIpc) is 3.17. The third-order valence-corrected chi connectivity index (χ3v) is 5.35. The summed E-state index contributed by atoms with van der Waals surface area (Å²) in [4.78, 5) is 19.5. The van der Waals surface area contributed by atoms with Crippen molar-refractivity contribution in [3.63, 3.8) is 0 Å². The van der Waals surface area contributed by atoms with E-state index >= 15 is 0 Å². The van der Waals surface area contributed by atoms with E-state index in [9.17, 15) is 4.79 Å². The number of amides is 1. The Morgan fingerprint density at radius 3 is 2.66 bits per heavy atom. The van der Waals surface area contributed by atoms with Crippen LogP contribution < -0.4 is 15.5 Å². The molecule has 4 heterocycles. The standard InChI is InChI=1S/C23H23N7O2/c1-16-22(30-9-3-2-4-21(30)25-16)23(31)27-18-7-5-17(6-8-18)26-20-14-19(15-24-28-20)29-10-12-32-13-11-29/h2-9,14-15H,10-13H2,1H3,(H,26,28)(H,27,31). The molecule has 0 atom stereocenters. The van der Waals surface area contributed by atoms with Crippen molar-refractivity contribution in [1.82, 2.24) is 19.6 Å². The average molecular weight is 429 g/mol. The Kier molecular flexibility index (Phi) is 5.39. The zero-order valence-corrected chi connectivity index (χ0v) is 17.7. The van der Waals surface area contributed by atoms with Gasteiger partial charge in [0, 0.05) is 36.7 Å². The molecule has 5 rings (SSSR count). The third-order valence-electron chi connectivity index (χ3n) is 5.35. The number of hydrogen-bond acceptors (Lipinski definition) is 7. The van der Waals surface area contributed by atoms with Crippen molar-refractivity contribution in [2.75, 3.05) is 41.8 Å². The zero-order chi connectivity index (χ0) is 21.9. The maximum atomic E-state index is 12.9. The van der Waals surface area contributed by atoms with Crippen LogP contribution in [0.2, 0.25) is 0 Å². The topological polar surface area (TPSA) is 96.7 Å². The second-order valence-corrected chi connectivity index (χ2v) is 7.53. The highest BCUT2D eigenvalue weighted by Crippen LogP contribution is 2.22. The predicted octanol–water partition coefficient (Wildman–Crippen LogP) is 3.27. The molecule has 0 saturated carbocycles. The molecule has 9 nitrogen and oxygen atoms in total. The Hall–Kier alpha value is -3.98. The molecule has 1 amide bonds. The Bertz CT molecular complexity index is 1250. The Morgan fingerprint density at radius 1 is 1.06 bits per heavy atom. The number of rotatable bonds is 5. The number of hydrogen-bond donors (Lipinski definition) is 2. The summed E-state index contributed by atoms with van der Waals surface area (Å²) >= 11 is 0. The van der Waals surface area contributed by atoms with Gasteiger partial charge in [0.05, 0.1) is 30.8 Å². The maximum absolute atomic E-state index is 12.9. The summed E-state index contributed by atoms with van der Waals surface area (Å²) in [6.07, 6.45) is 3.60. The highest BCUT2D eigenvalue weighted by molar-refractivity contribution is 6.04. The minimum atomic E-state index is -0.203. The SMILES string of the molecule is Cc1nc2ccccn2c1C(=O)Nc1ccc(Nc2cc(N3CCOCC3)cnn2)cc1. The molecule has 1 aromatic carbocycles. The molecule has 3 aromatic heterocycles. The molecule has 1 fully saturated rings. The van der Waals surface area contributed by atoms with E-state index in [4.69, 9.17) is 4.74 Å². The Balaban J connectivity index is 1.27.